The summed E-state index contributed by atoms with van der Waals surface area (Å²) in [5.74, 6) is 3.18. The van der Waals surface area contributed by atoms with Crippen molar-refractivity contribution in [3.05, 3.63) is 70.8 Å². The number of hydrogen-bond donors (Lipinski definition) is 5. The molecule has 6 N–H and O–H groups in total. The summed E-state index contributed by atoms with van der Waals surface area (Å²) in [5, 5.41) is 14.9. The molecule has 0 radical (unpaired) electrons. The van der Waals surface area contributed by atoms with Crippen LogP contribution >= 0.6 is 0 Å². The number of hydroxylamine groups is 1. The second-order valence-electron chi connectivity index (χ2n) is 7.27. The zero-order chi connectivity index (χ0) is 22.2. The van der Waals surface area contributed by atoms with Crippen LogP contribution in [0.2, 0.25) is 0 Å². The molecule has 0 unspecified atom stereocenters. The van der Waals surface area contributed by atoms with Crippen molar-refractivity contribution in [1.29, 1.82) is 0 Å². The van der Waals surface area contributed by atoms with Gasteiger partial charge >= 0.3 is 0 Å². The Hall–Kier alpha value is -3.67. The van der Waals surface area contributed by atoms with Crippen molar-refractivity contribution in [1.82, 2.24) is 16.1 Å². The van der Waals surface area contributed by atoms with Crippen molar-refractivity contribution >= 4 is 17.7 Å². The zero-order valence-electron chi connectivity index (χ0n) is 16.9. The Morgan fingerprint density at radius 3 is 2.42 bits per heavy atom. The summed E-state index contributed by atoms with van der Waals surface area (Å²) < 4.78 is 0. The first-order valence-electron chi connectivity index (χ1n) is 9.92. The molecule has 1 saturated carbocycles. The minimum Gasteiger partial charge on any atom is -0.366 e. The van der Waals surface area contributed by atoms with Crippen molar-refractivity contribution < 1.29 is 19.6 Å². The van der Waals surface area contributed by atoms with E-state index in [0.29, 0.717) is 11.6 Å². The number of carbonyl (C=O) groups excluding carboxylic acids is 3. The van der Waals surface area contributed by atoms with E-state index in [1.807, 2.05) is 30.3 Å². The summed E-state index contributed by atoms with van der Waals surface area (Å²) in [6.07, 6.45) is 2.09. The molecule has 160 valence electrons. The standard InChI is InChI=1S/C23H24N4O4/c24-22(29)18-11-8-16(7-6-15-4-2-1-3-5-15)12-19(18)20(23(30)27-31)13-26-21(28)14-25-17-9-10-17/h1-5,8,11-12,17,20,25,31H,9-10,13-14H2,(H2,24,29)(H,26,28)(H,27,30)/t20-/m1/s1. The summed E-state index contributed by atoms with van der Waals surface area (Å²) in [6, 6.07) is 14.4. The Morgan fingerprint density at radius 1 is 1.06 bits per heavy atom. The van der Waals surface area contributed by atoms with Crippen LogP contribution in [0.4, 0.5) is 0 Å². The van der Waals surface area contributed by atoms with Crippen molar-refractivity contribution in [2.45, 2.75) is 24.8 Å². The highest BCUT2D eigenvalue weighted by Crippen LogP contribution is 2.22. The summed E-state index contributed by atoms with van der Waals surface area (Å²) in [4.78, 5) is 36.4. The van der Waals surface area contributed by atoms with Gasteiger partial charge in [-0.3, -0.25) is 19.6 Å². The number of hydrogen-bond acceptors (Lipinski definition) is 5. The molecular formula is C23H24N4O4. The van der Waals surface area contributed by atoms with Crippen LogP contribution in [0.3, 0.4) is 0 Å². The molecule has 0 aromatic heterocycles. The number of carbonyl (C=O) groups is 3. The van der Waals surface area contributed by atoms with Crippen molar-refractivity contribution in [2.75, 3.05) is 13.1 Å². The van der Waals surface area contributed by atoms with E-state index in [1.54, 1.807) is 17.6 Å². The number of amides is 3. The number of nitrogens with one attached hydrogen (secondary N) is 3. The molecule has 3 amide bonds. The predicted octanol–water partition coefficient (Wildman–Crippen LogP) is 0.643. The lowest BCUT2D eigenvalue weighted by Crippen LogP contribution is -2.40. The van der Waals surface area contributed by atoms with E-state index in [0.717, 1.165) is 18.4 Å². The maximum absolute atomic E-state index is 12.4. The summed E-state index contributed by atoms with van der Waals surface area (Å²) in [6.45, 7) is 0.0107. The van der Waals surface area contributed by atoms with Crippen molar-refractivity contribution in [3.8, 4) is 11.8 Å². The molecular weight excluding hydrogens is 396 g/mol. The Kier molecular flexibility index (Phi) is 7.38. The molecule has 0 bridgehead atoms. The smallest absolute Gasteiger partial charge is 0.252 e. The van der Waals surface area contributed by atoms with Crippen LogP contribution in [0.15, 0.2) is 48.5 Å². The van der Waals surface area contributed by atoms with Gasteiger partial charge in [0, 0.05) is 29.3 Å². The largest absolute Gasteiger partial charge is 0.366 e. The SMILES string of the molecule is NC(=O)c1ccc(C#Cc2ccccc2)cc1[C@@H](CNC(=O)CNC1CC1)C(=O)NO. The van der Waals surface area contributed by atoms with Crippen LogP contribution in [0.5, 0.6) is 0 Å². The molecule has 8 heteroatoms. The van der Waals surface area contributed by atoms with E-state index >= 15 is 0 Å². The highest BCUT2D eigenvalue weighted by Gasteiger charge is 2.26. The van der Waals surface area contributed by atoms with Crippen LogP contribution in [-0.2, 0) is 9.59 Å². The Labute approximate surface area is 180 Å². The third kappa shape index (κ3) is 6.40. The second-order valence-corrected chi connectivity index (χ2v) is 7.27. The average molecular weight is 420 g/mol. The third-order valence-electron chi connectivity index (χ3n) is 4.88. The fraction of sp³-hybridized carbons (Fsp3) is 0.261. The summed E-state index contributed by atoms with van der Waals surface area (Å²) in [5.41, 5.74) is 8.84. The molecule has 3 rings (SSSR count). The maximum Gasteiger partial charge on any atom is 0.252 e. The zero-order valence-corrected chi connectivity index (χ0v) is 16.9. The molecule has 8 nitrogen and oxygen atoms in total. The van der Waals surface area contributed by atoms with E-state index in [4.69, 9.17) is 5.73 Å². The van der Waals surface area contributed by atoms with Crippen LogP contribution in [0.1, 0.15) is 45.8 Å². The maximum atomic E-state index is 12.4. The van der Waals surface area contributed by atoms with Gasteiger partial charge < -0.3 is 16.4 Å². The lowest BCUT2D eigenvalue weighted by molar-refractivity contribution is -0.130. The molecule has 1 aliphatic rings. The molecule has 2 aromatic rings. The Bertz CT molecular complexity index is 1020. The molecule has 2 aromatic carbocycles. The lowest BCUT2D eigenvalue weighted by Gasteiger charge is -2.19. The van der Waals surface area contributed by atoms with Crippen LogP contribution < -0.4 is 21.8 Å². The van der Waals surface area contributed by atoms with Gasteiger partial charge in [0.2, 0.25) is 11.8 Å². The molecule has 1 atom stereocenters. The molecule has 1 fully saturated rings. The van der Waals surface area contributed by atoms with E-state index in [2.05, 4.69) is 22.5 Å². The van der Waals surface area contributed by atoms with E-state index in [1.165, 1.54) is 6.07 Å². The van der Waals surface area contributed by atoms with Crippen LogP contribution in [-0.4, -0.2) is 42.1 Å². The molecule has 0 spiro atoms. The molecule has 0 heterocycles. The van der Waals surface area contributed by atoms with E-state index < -0.39 is 17.7 Å². The van der Waals surface area contributed by atoms with Gasteiger partial charge in [-0.2, -0.15) is 0 Å². The monoisotopic (exact) mass is 420 g/mol. The number of rotatable bonds is 8. The van der Waals surface area contributed by atoms with Gasteiger partial charge in [-0.1, -0.05) is 30.0 Å². The Balaban J connectivity index is 1.84. The van der Waals surface area contributed by atoms with Crippen LogP contribution in [0, 0.1) is 11.8 Å². The van der Waals surface area contributed by atoms with E-state index in [9.17, 15) is 19.6 Å². The van der Waals surface area contributed by atoms with Crippen molar-refractivity contribution in [2.24, 2.45) is 5.73 Å². The van der Waals surface area contributed by atoms with Gasteiger partial charge in [-0.25, -0.2) is 5.48 Å². The second kappa shape index (κ2) is 10.4. The Morgan fingerprint density at radius 2 is 1.77 bits per heavy atom. The van der Waals surface area contributed by atoms with E-state index in [-0.39, 0.29) is 30.1 Å². The topological polar surface area (TPSA) is 134 Å². The normalized spacial score (nSPS) is 13.5. The van der Waals surface area contributed by atoms with Gasteiger partial charge in [-0.15, -0.1) is 0 Å². The van der Waals surface area contributed by atoms with Gasteiger partial charge in [0.15, 0.2) is 0 Å². The minimum atomic E-state index is -1.03. The van der Waals surface area contributed by atoms with Crippen LogP contribution in [0.25, 0.3) is 0 Å². The first kappa shape index (κ1) is 22.0. The summed E-state index contributed by atoms with van der Waals surface area (Å²) >= 11 is 0. The van der Waals surface area contributed by atoms with Gasteiger partial charge in [-0.05, 0) is 48.7 Å². The van der Waals surface area contributed by atoms with Gasteiger partial charge in [0.05, 0.1) is 12.5 Å². The highest BCUT2D eigenvalue weighted by atomic mass is 16.5. The molecule has 0 aliphatic heterocycles. The average Bonchev–Trinajstić information content (AvgIpc) is 3.61. The minimum absolute atomic E-state index is 0.115. The van der Waals surface area contributed by atoms with Gasteiger partial charge in [0.25, 0.3) is 5.91 Å². The third-order valence-corrected chi connectivity index (χ3v) is 4.88. The van der Waals surface area contributed by atoms with Gasteiger partial charge in [0.1, 0.15) is 0 Å². The molecule has 31 heavy (non-hydrogen) atoms. The van der Waals surface area contributed by atoms with Crippen molar-refractivity contribution in [3.63, 3.8) is 0 Å². The number of benzene rings is 2. The lowest BCUT2D eigenvalue weighted by atomic mass is 9.91. The number of primary amides is 1. The quantitative estimate of drug-likeness (QED) is 0.243. The molecule has 1 aliphatic carbocycles. The summed E-state index contributed by atoms with van der Waals surface area (Å²) in [7, 11) is 0. The first-order chi connectivity index (χ1) is 15.0. The highest BCUT2D eigenvalue weighted by molar-refractivity contribution is 5.97. The first-order valence-corrected chi connectivity index (χ1v) is 9.92. The number of nitrogens with two attached hydrogens (primary N) is 1. The molecule has 0 saturated heterocycles. The fourth-order valence-electron chi connectivity index (χ4n) is 3.04. The fourth-order valence-corrected chi connectivity index (χ4v) is 3.04. The predicted molar refractivity (Wildman–Crippen MR) is 114 cm³/mol.